The van der Waals surface area contributed by atoms with Crippen LogP contribution in [0.5, 0.6) is 0 Å². The predicted molar refractivity (Wildman–Crippen MR) is 106 cm³/mol. The average molecular weight is 403 g/mol. The molecule has 1 amide bonds. The van der Waals surface area contributed by atoms with Crippen molar-refractivity contribution in [1.29, 1.82) is 0 Å². The minimum atomic E-state index is -0.479. The van der Waals surface area contributed by atoms with Gasteiger partial charge < -0.3 is 14.0 Å². The normalized spacial score (nSPS) is 31.9. The second-order valence-electron chi connectivity index (χ2n) is 8.55. The van der Waals surface area contributed by atoms with Gasteiger partial charge in [0, 0.05) is 28.2 Å². The number of amides is 1. The number of epoxide rings is 1. The maximum absolute atomic E-state index is 13.8. The number of morpholine rings is 1. The molecule has 3 aliphatic heterocycles. The number of hydrogen-bond donors (Lipinski definition) is 1. The van der Waals surface area contributed by atoms with E-state index in [1.165, 1.54) is 12.1 Å². The van der Waals surface area contributed by atoms with Crippen LogP contribution in [0, 0.1) is 12.7 Å². The van der Waals surface area contributed by atoms with Gasteiger partial charge in [-0.2, -0.15) is 0 Å². The molecule has 1 aromatic heterocycles. The van der Waals surface area contributed by atoms with E-state index in [2.05, 4.69) is 19.4 Å². The Bertz CT molecular complexity index is 923. The van der Waals surface area contributed by atoms with Crippen molar-refractivity contribution in [1.82, 2.24) is 0 Å². The number of fused-ring (bicyclic) bond motifs is 5. The third kappa shape index (κ3) is 2.93. The summed E-state index contributed by atoms with van der Waals surface area (Å²) in [7, 11) is 4.49. The summed E-state index contributed by atoms with van der Waals surface area (Å²) >= 11 is 1.57. The summed E-state index contributed by atoms with van der Waals surface area (Å²) in [6, 6.07) is 9.09. The molecule has 3 saturated heterocycles. The molecule has 1 unspecified atom stereocenters. The van der Waals surface area contributed by atoms with Gasteiger partial charge in [0.1, 0.15) is 36.2 Å². The lowest BCUT2D eigenvalue weighted by Gasteiger charge is -2.45. The van der Waals surface area contributed by atoms with Crippen LogP contribution in [0.4, 0.5) is 14.9 Å². The highest BCUT2D eigenvalue weighted by molar-refractivity contribution is 7.15. The summed E-state index contributed by atoms with van der Waals surface area (Å²) in [4.78, 5) is 14.6. The molecule has 148 valence electrons. The molecule has 0 aliphatic carbocycles. The Kier molecular flexibility index (Phi) is 4.05. The first-order valence-electron chi connectivity index (χ1n) is 9.66. The largest absolute Gasteiger partial charge is 0.445 e. The highest BCUT2D eigenvalue weighted by Gasteiger charge is 2.70. The van der Waals surface area contributed by atoms with Crippen molar-refractivity contribution in [2.24, 2.45) is 0 Å². The lowest BCUT2D eigenvalue weighted by molar-refractivity contribution is -0.938. The molecule has 1 N–H and O–H groups in total. The van der Waals surface area contributed by atoms with Crippen molar-refractivity contribution < 1.29 is 23.1 Å². The van der Waals surface area contributed by atoms with E-state index in [0.717, 1.165) is 27.1 Å². The van der Waals surface area contributed by atoms with Gasteiger partial charge in [-0.25, -0.2) is 9.18 Å². The number of piperidine rings is 1. The van der Waals surface area contributed by atoms with Crippen molar-refractivity contribution in [3.63, 3.8) is 0 Å². The number of quaternary nitrogens is 1. The molecule has 0 spiro atoms. The molecule has 0 saturated carbocycles. The zero-order valence-corrected chi connectivity index (χ0v) is 17.0. The van der Waals surface area contributed by atoms with Gasteiger partial charge in [-0.3, -0.25) is 5.32 Å². The fourth-order valence-corrected chi connectivity index (χ4v) is 5.90. The summed E-state index contributed by atoms with van der Waals surface area (Å²) in [6.07, 6.45) is 1.69. The number of carbonyl (C=O) groups is 1. The van der Waals surface area contributed by atoms with E-state index >= 15 is 0 Å². The topological polar surface area (TPSA) is 50.9 Å². The molecule has 0 radical (unpaired) electrons. The first-order valence-corrected chi connectivity index (χ1v) is 10.5. The first-order chi connectivity index (χ1) is 13.3. The van der Waals surface area contributed by atoms with Gasteiger partial charge in [-0.15, -0.1) is 11.3 Å². The summed E-state index contributed by atoms with van der Waals surface area (Å²) < 4.78 is 26.3. The van der Waals surface area contributed by atoms with Crippen LogP contribution in [0.2, 0.25) is 0 Å². The van der Waals surface area contributed by atoms with Crippen LogP contribution >= 0.6 is 11.3 Å². The number of hydrogen-bond acceptors (Lipinski definition) is 4. The fourth-order valence-electron chi connectivity index (χ4n) is 5.00. The molecule has 4 heterocycles. The summed E-state index contributed by atoms with van der Waals surface area (Å²) in [5.41, 5.74) is 1.24. The molecule has 7 heteroatoms. The Hall–Kier alpha value is -1.96. The second-order valence-corrected chi connectivity index (χ2v) is 9.84. The van der Waals surface area contributed by atoms with Gasteiger partial charge in [0.15, 0.2) is 0 Å². The zero-order chi connectivity index (χ0) is 19.6. The zero-order valence-electron chi connectivity index (χ0n) is 16.1. The van der Waals surface area contributed by atoms with E-state index in [4.69, 9.17) is 9.47 Å². The number of aryl methyl sites for hydroxylation is 1. The second kappa shape index (κ2) is 6.27. The number of carbonyl (C=O) groups excluding carboxylic acids is 1. The van der Waals surface area contributed by atoms with Crippen LogP contribution in [-0.2, 0) is 9.47 Å². The maximum atomic E-state index is 13.8. The molecule has 5 rings (SSSR count). The third-order valence-electron chi connectivity index (χ3n) is 6.54. The molecule has 3 aliphatic rings. The summed E-state index contributed by atoms with van der Waals surface area (Å²) in [6.45, 7) is 2.00. The Labute approximate surface area is 167 Å². The molecule has 2 bridgehead atoms. The van der Waals surface area contributed by atoms with E-state index in [-0.39, 0.29) is 11.9 Å². The molecular formula is C21H24FN2O3S+. The van der Waals surface area contributed by atoms with E-state index < -0.39 is 6.09 Å². The number of halogens is 1. The van der Waals surface area contributed by atoms with Crippen LogP contribution in [0.25, 0.3) is 10.4 Å². The number of thiophene rings is 1. The van der Waals surface area contributed by atoms with E-state index in [1.54, 1.807) is 17.4 Å². The van der Waals surface area contributed by atoms with Gasteiger partial charge in [0.2, 0.25) is 0 Å². The Morgan fingerprint density at radius 1 is 1.21 bits per heavy atom. The number of anilines is 1. The molecule has 3 fully saturated rings. The Morgan fingerprint density at radius 2 is 1.93 bits per heavy atom. The van der Waals surface area contributed by atoms with Crippen LogP contribution in [-0.4, -0.2) is 55.1 Å². The van der Waals surface area contributed by atoms with Crippen molar-refractivity contribution in [3.05, 3.63) is 41.0 Å². The fraction of sp³-hybridized carbons (Fsp3) is 0.476. The van der Waals surface area contributed by atoms with Gasteiger partial charge >= 0.3 is 6.09 Å². The number of nitrogens with zero attached hydrogens (tertiary/aromatic N) is 1. The van der Waals surface area contributed by atoms with Crippen LogP contribution < -0.4 is 5.32 Å². The minimum absolute atomic E-state index is 0.106. The van der Waals surface area contributed by atoms with Gasteiger partial charge in [-0.05, 0) is 37.3 Å². The molecular weight excluding hydrogens is 379 g/mol. The molecule has 28 heavy (non-hydrogen) atoms. The molecule has 5 atom stereocenters. The average Bonchev–Trinajstić information content (AvgIpc) is 3.27. The lowest BCUT2D eigenvalue weighted by atomic mass is 9.96. The van der Waals surface area contributed by atoms with Crippen molar-refractivity contribution in [2.45, 2.75) is 50.2 Å². The molecule has 2 aromatic rings. The number of ether oxygens (including phenoxy) is 2. The van der Waals surface area contributed by atoms with E-state index in [0.29, 0.717) is 35.5 Å². The van der Waals surface area contributed by atoms with Crippen molar-refractivity contribution in [3.8, 4) is 10.4 Å². The monoisotopic (exact) mass is 403 g/mol. The first kappa shape index (κ1) is 18.1. The quantitative estimate of drug-likeness (QED) is 0.618. The van der Waals surface area contributed by atoms with Gasteiger partial charge in [-0.1, -0.05) is 0 Å². The summed E-state index contributed by atoms with van der Waals surface area (Å²) in [5.74, 6) is -0.331. The predicted octanol–water partition coefficient (Wildman–Crippen LogP) is 4.17. The smallest absolute Gasteiger partial charge is 0.411 e. The number of rotatable bonds is 3. The standard InChI is InChI=1S/C21H23FN2O3S/c1-11-4-7-18(28-11)14-8-12(22)5-6-15(14)23-21(25)26-13-9-16-19-20(27-19)17(10-13)24(16,2)3/h4-8,13,16-17,19-20H,9-10H2,1-3H3/p+1/t13?,16-,17+,19+,20-. The SMILES string of the molecule is Cc1ccc(-c2cc(F)ccc2NC(=O)OC2C[C@@H]3[C@@H]4O[C@@H]4[C@H](C2)[N+]3(C)C)s1. The molecule has 1 aromatic carbocycles. The van der Waals surface area contributed by atoms with Crippen LogP contribution in [0.3, 0.4) is 0 Å². The van der Waals surface area contributed by atoms with Gasteiger partial charge in [0.05, 0.1) is 19.8 Å². The number of likely N-dealkylation sites (N-methyl/N-ethyl adjacent to an activating group) is 1. The Balaban J connectivity index is 1.29. The van der Waals surface area contributed by atoms with Crippen LogP contribution in [0.1, 0.15) is 17.7 Å². The minimum Gasteiger partial charge on any atom is -0.445 e. The highest BCUT2D eigenvalue weighted by Crippen LogP contribution is 2.51. The molecule has 5 nitrogen and oxygen atoms in total. The highest BCUT2D eigenvalue weighted by atomic mass is 32.1. The third-order valence-corrected chi connectivity index (χ3v) is 7.57. The van der Waals surface area contributed by atoms with Crippen molar-refractivity contribution in [2.75, 3.05) is 19.4 Å². The lowest BCUT2D eigenvalue weighted by Crippen LogP contribution is -2.60. The van der Waals surface area contributed by atoms with Crippen molar-refractivity contribution >= 4 is 23.1 Å². The Morgan fingerprint density at radius 3 is 2.57 bits per heavy atom. The van der Waals surface area contributed by atoms with E-state index in [9.17, 15) is 9.18 Å². The number of nitrogens with one attached hydrogen (secondary N) is 1. The van der Waals surface area contributed by atoms with Gasteiger partial charge in [0.25, 0.3) is 0 Å². The number of benzene rings is 1. The van der Waals surface area contributed by atoms with Crippen LogP contribution in [0.15, 0.2) is 30.3 Å². The van der Waals surface area contributed by atoms with E-state index in [1.807, 2.05) is 19.1 Å². The maximum Gasteiger partial charge on any atom is 0.411 e. The summed E-state index contributed by atoms with van der Waals surface area (Å²) in [5, 5.41) is 2.83.